The summed E-state index contributed by atoms with van der Waals surface area (Å²) < 4.78 is 3.00. The second-order valence-electron chi connectivity index (χ2n) is 5.55. The minimum Gasteiger partial charge on any atom is -0.300 e. The average Bonchev–Trinajstić information content (AvgIpc) is 2.94. The number of hydrogen-bond acceptors (Lipinski definition) is 6. The highest BCUT2D eigenvalue weighted by Gasteiger charge is 2.18. The number of nitrogens with zero attached hydrogens (tertiary/aromatic N) is 5. The maximum Gasteiger partial charge on any atom is 0.329 e. The Morgan fingerprint density at radius 3 is 2.83 bits per heavy atom. The van der Waals surface area contributed by atoms with Crippen LogP contribution in [0.15, 0.2) is 39.2 Å². The van der Waals surface area contributed by atoms with Crippen LogP contribution in [-0.4, -0.2) is 30.3 Å². The number of aromatic amines is 1. The maximum atomic E-state index is 12.2. The maximum absolute atomic E-state index is 12.2. The summed E-state index contributed by atoms with van der Waals surface area (Å²) in [7, 11) is 1.56. The third-order valence-electron chi connectivity index (χ3n) is 3.53. The Morgan fingerprint density at radius 1 is 1.38 bits per heavy atom. The predicted octanol–water partition coefficient (Wildman–Crippen LogP) is 0.845. The first-order valence-electron chi connectivity index (χ1n) is 7.39. The Morgan fingerprint density at radius 2 is 2.17 bits per heavy atom. The van der Waals surface area contributed by atoms with E-state index >= 15 is 0 Å². The molecule has 0 saturated carbocycles. The van der Waals surface area contributed by atoms with Crippen LogP contribution in [0.1, 0.15) is 25.5 Å². The lowest BCUT2D eigenvalue weighted by Gasteiger charge is -2.11. The second kappa shape index (κ2) is 6.11. The first-order chi connectivity index (χ1) is 11.5. The lowest BCUT2D eigenvalue weighted by molar-refractivity contribution is 0.620. The molecule has 0 aliphatic heterocycles. The van der Waals surface area contributed by atoms with Crippen molar-refractivity contribution < 1.29 is 0 Å². The Hall–Kier alpha value is -3.23. The van der Waals surface area contributed by atoms with E-state index in [1.165, 1.54) is 4.57 Å². The number of nitrogens with one attached hydrogen (secondary N) is 2. The van der Waals surface area contributed by atoms with Gasteiger partial charge >= 0.3 is 5.69 Å². The zero-order valence-electron chi connectivity index (χ0n) is 13.5. The van der Waals surface area contributed by atoms with E-state index in [1.807, 2.05) is 19.9 Å². The SMILES string of the molecule is CC(C)n1c(NN=Cc2cccnc2)nc2c1c(=O)[nH]c(=O)n2C. The van der Waals surface area contributed by atoms with Gasteiger partial charge in [-0.1, -0.05) is 6.07 Å². The molecule has 0 atom stereocenters. The van der Waals surface area contributed by atoms with E-state index in [-0.39, 0.29) is 6.04 Å². The third kappa shape index (κ3) is 2.71. The van der Waals surface area contributed by atoms with Gasteiger partial charge in [0.15, 0.2) is 11.2 Å². The number of aromatic nitrogens is 5. The minimum absolute atomic E-state index is 0.0512. The van der Waals surface area contributed by atoms with Crippen LogP contribution in [0.5, 0.6) is 0 Å². The molecule has 3 heterocycles. The summed E-state index contributed by atoms with van der Waals surface area (Å²) in [6.07, 6.45) is 4.95. The number of pyridine rings is 1. The Labute approximate surface area is 136 Å². The van der Waals surface area contributed by atoms with Crippen molar-refractivity contribution >= 4 is 23.3 Å². The van der Waals surface area contributed by atoms with E-state index in [0.717, 1.165) is 5.56 Å². The summed E-state index contributed by atoms with van der Waals surface area (Å²) >= 11 is 0. The monoisotopic (exact) mass is 327 g/mol. The molecule has 0 unspecified atom stereocenters. The van der Waals surface area contributed by atoms with Crippen LogP contribution >= 0.6 is 0 Å². The molecule has 9 nitrogen and oxygen atoms in total. The molecule has 2 N–H and O–H groups in total. The zero-order valence-corrected chi connectivity index (χ0v) is 13.5. The van der Waals surface area contributed by atoms with Gasteiger partial charge in [0.25, 0.3) is 5.56 Å². The second-order valence-corrected chi connectivity index (χ2v) is 5.55. The van der Waals surface area contributed by atoms with Gasteiger partial charge in [-0.15, -0.1) is 0 Å². The molecular formula is C15H17N7O2. The van der Waals surface area contributed by atoms with Gasteiger partial charge in [0.05, 0.1) is 6.21 Å². The van der Waals surface area contributed by atoms with Crippen molar-refractivity contribution in [2.24, 2.45) is 12.1 Å². The standard InChI is InChI=1S/C15H17N7O2/c1-9(2)22-11-12(21(3)15(24)19-13(11)23)18-14(22)20-17-8-10-5-4-6-16-7-10/h4-9H,1-3H3,(H,18,20)(H,19,23,24). The molecule has 3 aromatic heterocycles. The van der Waals surface area contributed by atoms with Crippen LogP contribution in [0.25, 0.3) is 11.2 Å². The highest BCUT2D eigenvalue weighted by molar-refractivity contribution is 5.80. The normalized spacial score (nSPS) is 11.7. The number of H-pyrrole nitrogens is 1. The summed E-state index contributed by atoms with van der Waals surface area (Å²) in [6, 6.07) is 3.61. The highest BCUT2D eigenvalue weighted by atomic mass is 16.2. The van der Waals surface area contributed by atoms with Gasteiger partial charge in [-0.05, 0) is 19.9 Å². The molecule has 124 valence electrons. The molecule has 24 heavy (non-hydrogen) atoms. The summed E-state index contributed by atoms with van der Waals surface area (Å²) in [5.74, 6) is 0.381. The lowest BCUT2D eigenvalue weighted by atomic mass is 10.3. The van der Waals surface area contributed by atoms with Gasteiger partial charge in [0.1, 0.15) is 0 Å². The number of anilines is 1. The van der Waals surface area contributed by atoms with Crippen LogP contribution in [0.2, 0.25) is 0 Å². The van der Waals surface area contributed by atoms with Gasteiger partial charge in [0.2, 0.25) is 5.95 Å². The molecule has 0 fully saturated rings. The molecule has 0 amide bonds. The summed E-state index contributed by atoms with van der Waals surface area (Å²) in [5.41, 5.74) is 3.30. The minimum atomic E-state index is -0.508. The molecule has 0 bridgehead atoms. The molecular weight excluding hydrogens is 310 g/mol. The van der Waals surface area contributed by atoms with Crippen molar-refractivity contribution in [1.82, 2.24) is 24.1 Å². The number of hydrazone groups is 1. The van der Waals surface area contributed by atoms with Crippen molar-refractivity contribution in [2.75, 3.05) is 5.43 Å². The van der Waals surface area contributed by atoms with E-state index in [1.54, 1.807) is 36.3 Å². The summed E-state index contributed by atoms with van der Waals surface area (Å²) in [4.78, 5) is 34.6. The molecule has 0 aliphatic rings. The van der Waals surface area contributed by atoms with Crippen LogP contribution in [-0.2, 0) is 7.05 Å². The van der Waals surface area contributed by atoms with Crippen molar-refractivity contribution in [3.8, 4) is 0 Å². The van der Waals surface area contributed by atoms with Crippen LogP contribution in [0.4, 0.5) is 5.95 Å². The number of aryl methyl sites for hydroxylation is 1. The largest absolute Gasteiger partial charge is 0.329 e. The third-order valence-corrected chi connectivity index (χ3v) is 3.53. The van der Waals surface area contributed by atoms with Crippen molar-refractivity contribution in [2.45, 2.75) is 19.9 Å². The van der Waals surface area contributed by atoms with Crippen molar-refractivity contribution in [3.63, 3.8) is 0 Å². The van der Waals surface area contributed by atoms with E-state index < -0.39 is 11.2 Å². The van der Waals surface area contributed by atoms with Gasteiger partial charge < -0.3 is 4.57 Å². The van der Waals surface area contributed by atoms with Crippen molar-refractivity contribution in [3.05, 3.63) is 50.9 Å². The van der Waals surface area contributed by atoms with E-state index in [2.05, 4.69) is 25.5 Å². The molecule has 0 saturated heterocycles. The number of rotatable bonds is 4. The molecule has 0 radical (unpaired) electrons. The fourth-order valence-electron chi connectivity index (χ4n) is 2.40. The van der Waals surface area contributed by atoms with Crippen molar-refractivity contribution in [1.29, 1.82) is 0 Å². The van der Waals surface area contributed by atoms with Crippen LogP contribution in [0, 0.1) is 0 Å². The zero-order chi connectivity index (χ0) is 17.3. The van der Waals surface area contributed by atoms with Gasteiger partial charge in [-0.25, -0.2) is 10.2 Å². The number of imidazole rings is 1. The van der Waals surface area contributed by atoms with E-state index in [9.17, 15) is 9.59 Å². The molecule has 0 aliphatic carbocycles. The summed E-state index contributed by atoms with van der Waals surface area (Å²) in [5, 5.41) is 4.13. The first kappa shape index (κ1) is 15.7. The van der Waals surface area contributed by atoms with Gasteiger partial charge in [-0.2, -0.15) is 10.1 Å². The Kier molecular flexibility index (Phi) is 3.98. The van der Waals surface area contributed by atoms with E-state index in [0.29, 0.717) is 17.1 Å². The molecule has 3 aromatic rings. The lowest BCUT2D eigenvalue weighted by Crippen LogP contribution is -2.29. The van der Waals surface area contributed by atoms with Gasteiger partial charge in [-0.3, -0.25) is 19.3 Å². The Balaban J connectivity index is 2.08. The summed E-state index contributed by atoms with van der Waals surface area (Å²) in [6.45, 7) is 3.84. The average molecular weight is 327 g/mol. The first-order valence-corrected chi connectivity index (χ1v) is 7.39. The fraction of sp³-hybridized carbons (Fsp3) is 0.267. The molecule has 3 rings (SSSR count). The molecule has 9 heteroatoms. The fourth-order valence-corrected chi connectivity index (χ4v) is 2.40. The molecule has 0 spiro atoms. The van der Waals surface area contributed by atoms with Crippen LogP contribution < -0.4 is 16.7 Å². The topological polar surface area (TPSA) is 110 Å². The quantitative estimate of drug-likeness (QED) is 0.545. The van der Waals surface area contributed by atoms with Crippen LogP contribution in [0.3, 0.4) is 0 Å². The Bertz CT molecular complexity index is 1010. The van der Waals surface area contributed by atoms with E-state index in [4.69, 9.17) is 0 Å². The number of hydrogen-bond donors (Lipinski definition) is 2. The highest BCUT2D eigenvalue weighted by Crippen LogP contribution is 2.20. The number of fused-ring (bicyclic) bond motifs is 1. The molecule has 0 aromatic carbocycles. The smallest absolute Gasteiger partial charge is 0.300 e. The predicted molar refractivity (Wildman–Crippen MR) is 91.4 cm³/mol. The van der Waals surface area contributed by atoms with Gasteiger partial charge in [0, 0.05) is 31.0 Å².